The molecular weight excluding hydrogens is 290 g/mol. The van der Waals surface area contributed by atoms with Gasteiger partial charge in [0.1, 0.15) is 11.0 Å². The van der Waals surface area contributed by atoms with Crippen molar-refractivity contribution < 1.29 is 0 Å². The molecule has 1 N–H and O–H groups in total. The van der Waals surface area contributed by atoms with Gasteiger partial charge in [-0.2, -0.15) is 0 Å². The lowest BCUT2D eigenvalue weighted by atomic mass is 10.1. The lowest BCUT2D eigenvalue weighted by molar-refractivity contribution is 0.854. The van der Waals surface area contributed by atoms with E-state index in [2.05, 4.69) is 53.4 Å². The van der Waals surface area contributed by atoms with Crippen molar-refractivity contribution in [3.8, 4) is 0 Å². The SMILES string of the molecule is CCc1ccc(C(C)Nc2cc(Cl)nc(SC)n2)cc1. The Labute approximate surface area is 129 Å². The number of nitrogens with one attached hydrogen (secondary N) is 1. The molecule has 1 aromatic carbocycles. The third-order valence-corrected chi connectivity index (χ3v) is 3.85. The van der Waals surface area contributed by atoms with Crippen molar-refractivity contribution in [2.24, 2.45) is 0 Å². The summed E-state index contributed by atoms with van der Waals surface area (Å²) in [7, 11) is 0. The second-order valence-electron chi connectivity index (χ2n) is 4.52. The maximum absolute atomic E-state index is 5.99. The summed E-state index contributed by atoms with van der Waals surface area (Å²) in [6.45, 7) is 4.26. The summed E-state index contributed by atoms with van der Waals surface area (Å²) in [5.74, 6) is 0.751. The van der Waals surface area contributed by atoms with Gasteiger partial charge in [0.05, 0.1) is 0 Å². The van der Waals surface area contributed by atoms with Crippen LogP contribution in [0.2, 0.25) is 5.15 Å². The van der Waals surface area contributed by atoms with Gasteiger partial charge in [-0.3, -0.25) is 0 Å². The molecule has 0 bridgehead atoms. The van der Waals surface area contributed by atoms with Crippen molar-refractivity contribution in [3.63, 3.8) is 0 Å². The van der Waals surface area contributed by atoms with Gasteiger partial charge in [-0.05, 0) is 30.7 Å². The molecule has 1 atom stereocenters. The first kappa shape index (κ1) is 15.1. The molecule has 0 amide bonds. The van der Waals surface area contributed by atoms with Gasteiger partial charge in [0.25, 0.3) is 0 Å². The number of benzene rings is 1. The summed E-state index contributed by atoms with van der Waals surface area (Å²) < 4.78 is 0. The third-order valence-electron chi connectivity index (χ3n) is 3.11. The highest BCUT2D eigenvalue weighted by Crippen LogP contribution is 2.22. The number of aryl methyl sites for hydroxylation is 1. The fraction of sp³-hybridized carbons (Fsp3) is 0.333. The summed E-state index contributed by atoms with van der Waals surface area (Å²) >= 11 is 7.47. The first-order valence-electron chi connectivity index (χ1n) is 6.56. The average Bonchev–Trinajstić information content (AvgIpc) is 2.46. The fourth-order valence-corrected chi connectivity index (χ4v) is 2.52. The monoisotopic (exact) mass is 307 g/mol. The molecule has 0 saturated heterocycles. The fourth-order valence-electron chi connectivity index (χ4n) is 1.91. The van der Waals surface area contributed by atoms with E-state index >= 15 is 0 Å². The Morgan fingerprint density at radius 2 is 1.95 bits per heavy atom. The number of hydrogen-bond donors (Lipinski definition) is 1. The van der Waals surface area contributed by atoms with Gasteiger partial charge in [0.15, 0.2) is 5.16 Å². The van der Waals surface area contributed by atoms with E-state index in [1.165, 1.54) is 22.9 Å². The molecule has 3 nitrogen and oxygen atoms in total. The number of halogens is 1. The molecule has 0 spiro atoms. The van der Waals surface area contributed by atoms with E-state index in [1.807, 2.05) is 6.26 Å². The summed E-state index contributed by atoms with van der Waals surface area (Å²) in [6.07, 6.45) is 2.99. The first-order valence-corrected chi connectivity index (χ1v) is 8.16. The summed E-state index contributed by atoms with van der Waals surface area (Å²) in [6, 6.07) is 10.5. The van der Waals surface area contributed by atoms with Gasteiger partial charge in [-0.25, -0.2) is 9.97 Å². The minimum atomic E-state index is 0.168. The summed E-state index contributed by atoms with van der Waals surface area (Å²) in [5.41, 5.74) is 2.57. The van der Waals surface area contributed by atoms with Gasteiger partial charge >= 0.3 is 0 Å². The zero-order valence-corrected chi connectivity index (χ0v) is 13.4. The van der Waals surface area contributed by atoms with Crippen LogP contribution in [-0.4, -0.2) is 16.2 Å². The zero-order valence-electron chi connectivity index (χ0n) is 11.9. The van der Waals surface area contributed by atoms with Crippen molar-refractivity contribution in [2.75, 3.05) is 11.6 Å². The van der Waals surface area contributed by atoms with Crippen LogP contribution < -0.4 is 5.32 Å². The molecule has 1 aromatic heterocycles. The Bertz CT molecular complexity index is 572. The molecule has 1 heterocycles. The van der Waals surface area contributed by atoms with E-state index in [0.717, 1.165) is 12.2 Å². The number of nitrogens with zero attached hydrogens (tertiary/aromatic N) is 2. The van der Waals surface area contributed by atoms with Crippen molar-refractivity contribution in [2.45, 2.75) is 31.5 Å². The number of rotatable bonds is 5. The molecule has 2 rings (SSSR count). The van der Waals surface area contributed by atoms with Crippen LogP contribution in [0, 0.1) is 0 Å². The molecule has 0 aliphatic carbocycles. The quantitative estimate of drug-likeness (QED) is 0.498. The van der Waals surface area contributed by atoms with Gasteiger partial charge in [-0.1, -0.05) is 54.6 Å². The number of anilines is 1. The molecule has 20 heavy (non-hydrogen) atoms. The molecular formula is C15H18ClN3S. The normalized spacial score (nSPS) is 12.2. The average molecular weight is 308 g/mol. The van der Waals surface area contributed by atoms with Gasteiger partial charge in [0, 0.05) is 12.1 Å². The van der Waals surface area contributed by atoms with E-state index in [-0.39, 0.29) is 6.04 Å². The van der Waals surface area contributed by atoms with Crippen LogP contribution in [0.15, 0.2) is 35.5 Å². The minimum Gasteiger partial charge on any atom is -0.363 e. The zero-order chi connectivity index (χ0) is 14.5. The lowest BCUT2D eigenvalue weighted by Gasteiger charge is -2.15. The Balaban J connectivity index is 2.13. The van der Waals surface area contributed by atoms with Crippen LogP contribution in [0.3, 0.4) is 0 Å². The Morgan fingerprint density at radius 3 is 2.55 bits per heavy atom. The van der Waals surface area contributed by atoms with Crippen LogP contribution in [0.5, 0.6) is 0 Å². The third kappa shape index (κ3) is 3.87. The predicted molar refractivity (Wildman–Crippen MR) is 86.7 cm³/mol. The van der Waals surface area contributed by atoms with Crippen molar-refractivity contribution in [1.82, 2.24) is 9.97 Å². The smallest absolute Gasteiger partial charge is 0.190 e. The van der Waals surface area contributed by atoms with E-state index in [4.69, 9.17) is 11.6 Å². The van der Waals surface area contributed by atoms with Crippen molar-refractivity contribution in [1.29, 1.82) is 0 Å². The second kappa shape index (κ2) is 6.95. The van der Waals surface area contributed by atoms with Crippen molar-refractivity contribution in [3.05, 3.63) is 46.6 Å². The van der Waals surface area contributed by atoms with Gasteiger partial charge in [0.2, 0.25) is 0 Å². The van der Waals surface area contributed by atoms with E-state index in [9.17, 15) is 0 Å². The maximum Gasteiger partial charge on any atom is 0.190 e. The van der Waals surface area contributed by atoms with E-state index in [1.54, 1.807) is 6.07 Å². The summed E-state index contributed by atoms with van der Waals surface area (Å²) in [4.78, 5) is 8.54. The van der Waals surface area contributed by atoms with E-state index < -0.39 is 0 Å². The number of aromatic nitrogens is 2. The first-order chi connectivity index (χ1) is 9.62. The molecule has 0 saturated carbocycles. The maximum atomic E-state index is 5.99. The van der Waals surface area contributed by atoms with Crippen LogP contribution in [0.25, 0.3) is 0 Å². The number of thioether (sulfide) groups is 1. The lowest BCUT2D eigenvalue weighted by Crippen LogP contribution is -2.08. The molecule has 1 unspecified atom stereocenters. The molecule has 0 radical (unpaired) electrons. The minimum absolute atomic E-state index is 0.168. The van der Waals surface area contributed by atoms with Gasteiger partial charge < -0.3 is 5.32 Å². The molecule has 0 aliphatic rings. The Kier molecular flexibility index (Phi) is 5.26. The second-order valence-corrected chi connectivity index (χ2v) is 5.68. The Morgan fingerprint density at radius 1 is 1.25 bits per heavy atom. The van der Waals surface area contributed by atoms with Crippen LogP contribution in [0.1, 0.15) is 31.0 Å². The topological polar surface area (TPSA) is 37.8 Å². The van der Waals surface area contributed by atoms with Crippen LogP contribution >= 0.6 is 23.4 Å². The molecule has 106 valence electrons. The Hall–Kier alpha value is -1.26. The summed E-state index contributed by atoms with van der Waals surface area (Å²) in [5, 5.41) is 4.50. The van der Waals surface area contributed by atoms with Crippen molar-refractivity contribution >= 4 is 29.2 Å². The highest BCUT2D eigenvalue weighted by molar-refractivity contribution is 7.98. The van der Waals surface area contributed by atoms with E-state index in [0.29, 0.717) is 10.3 Å². The molecule has 0 fully saturated rings. The molecule has 5 heteroatoms. The number of hydrogen-bond acceptors (Lipinski definition) is 4. The standard InChI is InChI=1S/C15H18ClN3S/c1-4-11-5-7-12(8-6-11)10(2)17-14-9-13(16)18-15(19-14)20-3/h5-10H,4H2,1-3H3,(H,17,18,19). The molecule has 2 aromatic rings. The molecule has 0 aliphatic heterocycles. The van der Waals surface area contributed by atoms with Crippen LogP contribution in [-0.2, 0) is 6.42 Å². The highest BCUT2D eigenvalue weighted by atomic mass is 35.5. The predicted octanol–water partition coefficient (Wildman–Crippen LogP) is 4.59. The highest BCUT2D eigenvalue weighted by Gasteiger charge is 2.08. The van der Waals surface area contributed by atoms with Crippen LogP contribution in [0.4, 0.5) is 5.82 Å². The largest absolute Gasteiger partial charge is 0.363 e. The van der Waals surface area contributed by atoms with Gasteiger partial charge in [-0.15, -0.1) is 0 Å².